The van der Waals surface area contributed by atoms with E-state index in [9.17, 15) is 14.9 Å². The van der Waals surface area contributed by atoms with Gasteiger partial charge in [-0.3, -0.25) is 14.9 Å². The van der Waals surface area contributed by atoms with E-state index in [-0.39, 0.29) is 5.69 Å². The van der Waals surface area contributed by atoms with Crippen molar-refractivity contribution in [2.75, 3.05) is 11.9 Å². The van der Waals surface area contributed by atoms with Gasteiger partial charge in [0.05, 0.1) is 4.92 Å². The van der Waals surface area contributed by atoms with Crippen LogP contribution in [0.15, 0.2) is 17.1 Å². The molecule has 6 heteroatoms. The molecule has 0 radical (unpaired) electrons. The fraction of sp³-hybridized carbons (Fsp3) is 0.286. The molecule has 1 rings (SSSR count). The highest BCUT2D eigenvalue weighted by Crippen LogP contribution is 2.16. The Labute approximate surface area is 73.7 Å². The minimum absolute atomic E-state index is 0.247. The van der Waals surface area contributed by atoms with Crippen molar-refractivity contribution in [3.05, 3.63) is 32.7 Å². The van der Waals surface area contributed by atoms with E-state index in [0.29, 0.717) is 6.54 Å². The van der Waals surface area contributed by atoms with E-state index in [1.165, 1.54) is 12.3 Å². The first-order valence-corrected chi connectivity index (χ1v) is 3.76. The Kier molecular flexibility index (Phi) is 2.63. The summed E-state index contributed by atoms with van der Waals surface area (Å²) in [6, 6.07) is 1.46. The molecular formula is C7H9N3O3. The molecule has 0 aromatic carbocycles. The Morgan fingerprint density at radius 3 is 2.92 bits per heavy atom. The van der Waals surface area contributed by atoms with Crippen LogP contribution in [0.1, 0.15) is 6.92 Å². The predicted molar refractivity (Wildman–Crippen MR) is 47.9 cm³/mol. The molecule has 1 aromatic rings. The number of anilines is 1. The van der Waals surface area contributed by atoms with Crippen molar-refractivity contribution in [2.24, 2.45) is 0 Å². The van der Waals surface area contributed by atoms with Crippen molar-refractivity contribution < 1.29 is 4.92 Å². The summed E-state index contributed by atoms with van der Waals surface area (Å²) in [5.41, 5.74) is -0.885. The third-order valence-electron chi connectivity index (χ3n) is 1.48. The Morgan fingerprint density at radius 1 is 1.69 bits per heavy atom. The van der Waals surface area contributed by atoms with Crippen LogP contribution in [0.5, 0.6) is 0 Å². The predicted octanol–water partition coefficient (Wildman–Crippen LogP) is 0.715. The van der Waals surface area contributed by atoms with E-state index in [0.717, 1.165) is 0 Å². The molecule has 1 aromatic heterocycles. The Hall–Kier alpha value is -1.85. The van der Waals surface area contributed by atoms with Crippen molar-refractivity contribution >= 4 is 11.4 Å². The second-order valence-corrected chi connectivity index (χ2v) is 2.36. The standard InChI is InChI=1S/C7H9N3O3/c1-2-8-5-3-4-9-7(11)6(5)10(12)13/h3-4H,2H2,1H3,(H2,8,9,11). The van der Waals surface area contributed by atoms with Gasteiger partial charge in [0.15, 0.2) is 0 Å². The molecule has 0 saturated carbocycles. The average molecular weight is 183 g/mol. The van der Waals surface area contributed by atoms with E-state index >= 15 is 0 Å². The monoisotopic (exact) mass is 183 g/mol. The van der Waals surface area contributed by atoms with Crippen molar-refractivity contribution in [3.63, 3.8) is 0 Å². The molecule has 70 valence electrons. The van der Waals surface area contributed by atoms with Gasteiger partial charge >= 0.3 is 11.2 Å². The van der Waals surface area contributed by atoms with Crippen LogP contribution in [-0.2, 0) is 0 Å². The first-order chi connectivity index (χ1) is 6.16. The zero-order valence-corrected chi connectivity index (χ0v) is 7.03. The normalized spacial score (nSPS) is 9.62. The van der Waals surface area contributed by atoms with Gasteiger partial charge < -0.3 is 10.3 Å². The molecule has 0 aliphatic rings. The van der Waals surface area contributed by atoms with Gasteiger partial charge in [0.2, 0.25) is 0 Å². The molecule has 0 amide bonds. The van der Waals surface area contributed by atoms with Gasteiger partial charge in [-0.05, 0) is 13.0 Å². The number of nitro groups is 1. The smallest absolute Gasteiger partial charge is 0.356 e. The summed E-state index contributed by atoms with van der Waals surface area (Å²) in [5, 5.41) is 13.2. The molecule has 13 heavy (non-hydrogen) atoms. The van der Waals surface area contributed by atoms with Crippen molar-refractivity contribution in [3.8, 4) is 0 Å². The lowest BCUT2D eigenvalue weighted by atomic mass is 10.3. The SMILES string of the molecule is CCNc1cc[nH]c(=O)c1[N+](=O)[O-]. The van der Waals surface area contributed by atoms with Crippen LogP contribution in [-0.4, -0.2) is 16.5 Å². The number of aromatic nitrogens is 1. The molecule has 0 spiro atoms. The topological polar surface area (TPSA) is 88.0 Å². The Balaban J connectivity index is 3.26. The zero-order chi connectivity index (χ0) is 9.84. The third kappa shape index (κ3) is 1.84. The molecule has 0 saturated heterocycles. The molecule has 0 unspecified atom stereocenters. The maximum absolute atomic E-state index is 11.0. The summed E-state index contributed by atoms with van der Waals surface area (Å²) < 4.78 is 0. The zero-order valence-electron chi connectivity index (χ0n) is 7.03. The van der Waals surface area contributed by atoms with Gasteiger partial charge in [-0.25, -0.2) is 0 Å². The van der Waals surface area contributed by atoms with Crippen LogP contribution in [0.3, 0.4) is 0 Å². The molecule has 2 N–H and O–H groups in total. The van der Waals surface area contributed by atoms with E-state index in [4.69, 9.17) is 0 Å². The maximum Gasteiger partial charge on any atom is 0.356 e. The maximum atomic E-state index is 11.0. The molecular weight excluding hydrogens is 174 g/mol. The average Bonchev–Trinajstić information content (AvgIpc) is 2.04. The van der Waals surface area contributed by atoms with Gasteiger partial charge in [0, 0.05) is 12.7 Å². The second-order valence-electron chi connectivity index (χ2n) is 2.36. The number of hydrogen-bond acceptors (Lipinski definition) is 4. The molecule has 0 atom stereocenters. The number of pyridine rings is 1. The summed E-state index contributed by atoms with van der Waals surface area (Å²) in [7, 11) is 0. The van der Waals surface area contributed by atoms with Gasteiger partial charge in [-0.1, -0.05) is 0 Å². The highest BCUT2D eigenvalue weighted by molar-refractivity contribution is 5.59. The number of hydrogen-bond donors (Lipinski definition) is 2. The molecule has 0 bridgehead atoms. The highest BCUT2D eigenvalue weighted by Gasteiger charge is 2.17. The van der Waals surface area contributed by atoms with Crippen LogP contribution in [0.2, 0.25) is 0 Å². The van der Waals surface area contributed by atoms with E-state index in [2.05, 4.69) is 10.3 Å². The van der Waals surface area contributed by atoms with Crippen molar-refractivity contribution in [1.82, 2.24) is 4.98 Å². The first kappa shape index (κ1) is 9.24. The molecule has 0 aliphatic heterocycles. The van der Waals surface area contributed by atoms with Crippen molar-refractivity contribution in [2.45, 2.75) is 6.92 Å². The van der Waals surface area contributed by atoms with Crippen LogP contribution < -0.4 is 10.9 Å². The van der Waals surface area contributed by atoms with E-state index in [1.807, 2.05) is 0 Å². The second kappa shape index (κ2) is 3.70. The van der Waals surface area contributed by atoms with Gasteiger partial charge in [-0.2, -0.15) is 0 Å². The fourth-order valence-corrected chi connectivity index (χ4v) is 0.985. The van der Waals surface area contributed by atoms with Gasteiger partial charge in [-0.15, -0.1) is 0 Å². The number of aromatic amines is 1. The van der Waals surface area contributed by atoms with E-state index < -0.39 is 16.2 Å². The minimum atomic E-state index is -0.698. The largest absolute Gasteiger partial charge is 0.380 e. The molecule has 6 nitrogen and oxygen atoms in total. The van der Waals surface area contributed by atoms with Crippen LogP contribution >= 0.6 is 0 Å². The Morgan fingerprint density at radius 2 is 2.38 bits per heavy atom. The van der Waals surface area contributed by atoms with Crippen LogP contribution in [0.4, 0.5) is 11.4 Å². The first-order valence-electron chi connectivity index (χ1n) is 3.76. The lowest BCUT2D eigenvalue weighted by molar-refractivity contribution is -0.385. The Bertz CT molecular complexity index is 371. The van der Waals surface area contributed by atoms with Crippen LogP contribution in [0, 0.1) is 10.1 Å². The summed E-state index contributed by atoms with van der Waals surface area (Å²) in [5.74, 6) is 0. The number of nitrogens with one attached hydrogen (secondary N) is 2. The molecule has 0 aliphatic carbocycles. The van der Waals surface area contributed by atoms with Crippen molar-refractivity contribution in [1.29, 1.82) is 0 Å². The summed E-state index contributed by atoms with van der Waals surface area (Å²) in [6.07, 6.45) is 1.37. The van der Waals surface area contributed by atoms with Gasteiger partial charge in [0.1, 0.15) is 5.69 Å². The lowest BCUT2D eigenvalue weighted by Crippen LogP contribution is -2.14. The molecule has 1 heterocycles. The number of rotatable bonds is 3. The third-order valence-corrected chi connectivity index (χ3v) is 1.48. The van der Waals surface area contributed by atoms with E-state index in [1.54, 1.807) is 6.92 Å². The molecule has 0 fully saturated rings. The quantitative estimate of drug-likeness (QED) is 0.533. The number of H-pyrrole nitrogens is 1. The lowest BCUT2D eigenvalue weighted by Gasteiger charge is -2.01. The summed E-state index contributed by atoms with van der Waals surface area (Å²) >= 11 is 0. The minimum Gasteiger partial charge on any atom is -0.380 e. The fourth-order valence-electron chi connectivity index (χ4n) is 0.985. The van der Waals surface area contributed by atoms with Gasteiger partial charge in [0.25, 0.3) is 0 Å². The summed E-state index contributed by atoms with van der Waals surface area (Å²) in [4.78, 5) is 23.0. The highest BCUT2D eigenvalue weighted by atomic mass is 16.6. The summed E-state index contributed by atoms with van der Waals surface area (Å²) in [6.45, 7) is 2.33. The number of nitrogens with zero attached hydrogens (tertiary/aromatic N) is 1. The van der Waals surface area contributed by atoms with Crippen LogP contribution in [0.25, 0.3) is 0 Å².